The second kappa shape index (κ2) is 6.08. The van der Waals surface area contributed by atoms with Crippen molar-refractivity contribution in [2.45, 2.75) is 36.6 Å². The van der Waals surface area contributed by atoms with E-state index in [9.17, 15) is 23.3 Å². The smallest absolute Gasteiger partial charge is 0.270 e. The predicted octanol–water partition coefficient (Wildman–Crippen LogP) is 2.04. The van der Waals surface area contributed by atoms with E-state index in [-0.39, 0.29) is 27.4 Å². The second-order valence-electron chi connectivity index (χ2n) is 4.81. The zero-order chi connectivity index (χ0) is 15.6. The molecule has 0 bridgehead atoms. The van der Waals surface area contributed by atoms with Crippen molar-refractivity contribution < 1.29 is 18.1 Å². The van der Waals surface area contributed by atoms with Crippen LogP contribution >= 0.6 is 11.6 Å². The van der Waals surface area contributed by atoms with Gasteiger partial charge < -0.3 is 0 Å². The number of Topliss-reactive ketones (excluding diaryl/α,β-unsaturated/α-hetero) is 1. The highest BCUT2D eigenvalue weighted by molar-refractivity contribution is 7.89. The van der Waals surface area contributed by atoms with Crippen LogP contribution in [0.1, 0.15) is 25.7 Å². The SMILES string of the molecule is O=C1CCC(NS(=O)(=O)c2cc([N+](=O)[O-])ccc2Cl)CC1. The van der Waals surface area contributed by atoms with Crippen LogP contribution in [-0.4, -0.2) is 25.2 Å². The van der Waals surface area contributed by atoms with Crippen LogP contribution in [0.25, 0.3) is 0 Å². The summed E-state index contributed by atoms with van der Waals surface area (Å²) in [5, 5.41) is 10.6. The van der Waals surface area contributed by atoms with Gasteiger partial charge in [-0.2, -0.15) is 0 Å². The minimum atomic E-state index is -3.96. The number of hydrogen-bond acceptors (Lipinski definition) is 5. The van der Waals surface area contributed by atoms with Gasteiger partial charge in [-0.1, -0.05) is 11.6 Å². The van der Waals surface area contributed by atoms with Gasteiger partial charge in [0, 0.05) is 31.0 Å². The number of carbonyl (C=O) groups is 1. The average molecular weight is 333 g/mol. The van der Waals surface area contributed by atoms with Crippen LogP contribution in [0.2, 0.25) is 5.02 Å². The van der Waals surface area contributed by atoms with Crippen molar-refractivity contribution in [3.8, 4) is 0 Å². The van der Waals surface area contributed by atoms with Crippen molar-refractivity contribution in [2.75, 3.05) is 0 Å². The minimum absolute atomic E-state index is 0.0833. The zero-order valence-electron chi connectivity index (χ0n) is 10.9. The minimum Gasteiger partial charge on any atom is -0.300 e. The van der Waals surface area contributed by atoms with Gasteiger partial charge in [-0.25, -0.2) is 13.1 Å². The summed E-state index contributed by atoms with van der Waals surface area (Å²) in [7, 11) is -3.96. The van der Waals surface area contributed by atoms with E-state index in [1.807, 2.05) is 0 Å². The fourth-order valence-corrected chi connectivity index (χ4v) is 3.98. The number of rotatable bonds is 4. The number of ketones is 1. The zero-order valence-corrected chi connectivity index (χ0v) is 12.5. The Balaban J connectivity index is 2.25. The van der Waals surface area contributed by atoms with E-state index in [0.717, 1.165) is 12.1 Å². The van der Waals surface area contributed by atoms with Crippen LogP contribution in [0.4, 0.5) is 5.69 Å². The van der Waals surface area contributed by atoms with Gasteiger partial charge in [-0.3, -0.25) is 14.9 Å². The summed E-state index contributed by atoms with van der Waals surface area (Å²) in [6, 6.07) is 2.89. The molecule has 114 valence electrons. The summed E-state index contributed by atoms with van der Waals surface area (Å²) < 4.78 is 27.0. The van der Waals surface area contributed by atoms with Gasteiger partial charge in [-0.15, -0.1) is 0 Å². The lowest BCUT2D eigenvalue weighted by Crippen LogP contribution is -2.37. The van der Waals surface area contributed by atoms with Gasteiger partial charge in [0.05, 0.1) is 9.95 Å². The molecular formula is C12H13ClN2O5S. The topological polar surface area (TPSA) is 106 Å². The lowest BCUT2D eigenvalue weighted by atomic mass is 9.95. The van der Waals surface area contributed by atoms with Gasteiger partial charge in [0.2, 0.25) is 10.0 Å². The van der Waals surface area contributed by atoms with Crippen LogP contribution in [-0.2, 0) is 14.8 Å². The van der Waals surface area contributed by atoms with Gasteiger partial charge in [0.15, 0.2) is 0 Å². The Hall–Kier alpha value is -1.51. The number of carbonyl (C=O) groups excluding carboxylic acids is 1. The molecule has 1 N–H and O–H groups in total. The molecule has 0 heterocycles. The van der Waals surface area contributed by atoms with Crippen molar-refractivity contribution in [1.29, 1.82) is 0 Å². The predicted molar refractivity (Wildman–Crippen MR) is 75.7 cm³/mol. The summed E-state index contributed by atoms with van der Waals surface area (Å²) in [5.74, 6) is 0.110. The standard InChI is InChI=1S/C12H13ClN2O5S/c13-11-6-3-9(15(17)18)7-12(11)21(19,20)14-8-1-4-10(16)5-2-8/h3,6-8,14H,1-2,4-5H2. The third-order valence-electron chi connectivity index (χ3n) is 3.28. The Bertz CT molecular complexity index is 679. The van der Waals surface area contributed by atoms with Crippen molar-refractivity contribution in [3.05, 3.63) is 33.3 Å². The van der Waals surface area contributed by atoms with Gasteiger partial charge >= 0.3 is 0 Å². The molecule has 21 heavy (non-hydrogen) atoms. The van der Waals surface area contributed by atoms with E-state index in [2.05, 4.69) is 4.72 Å². The summed E-state index contributed by atoms with van der Waals surface area (Å²) in [4.78, 5) is 20.9. The fourth-order valence-electron chi connectivity index (χ4n) is 2.15. The molecule has 0 radical (unpaired) electrons. The Labute approximate surface area is 126 Å². The Kier molecular flexibility index (Phi) is 4.60. The average Bonchev–Trinajstić information content (AvgIpc) is 2.41. The molecule has 1 fully saturated rings. The first kappa shape index (κ1) is 15.9. The maximum absolute atomic E-state index is 12.3. The quantitative estimate of drug-likeness (QED) is 0.670. The highest BCUT2D eigenvalue weighted by Gasteiger charge is 2.27. The molecule has 0 aromatic heterocycles. The molecule has 1 aromatic rings. The number of sulfonamides is 1. The fraction of sp³-hybridized carbons (Fsp3) is 0.417. The number of benzene rings is 1. The summed E-state index contributed by atoms with van der Waals surface area (Å²) in [6.45, 7) is 0. The lowest BCUT2D eigenvalue weighted by Gasteiger charge is -2.22. The largest absolute Gasteiger partial charge is 0.300 e. The van der Waals surface area contributed by atoms with E-state index >= 15 is 0 Å². The lowest BCUT2D eigenvalue weighted by molar-refractivity contribution is -0.385. The number of nitro groups is 1. The first-order valence-corrected chi connectivity index (χ1v) is 8.13. The number of nitro benzene ring substituents is 1. The Morgan fingerprint density at radius 2 is 1.90 bits per heavy atom. The summed E-state index contributed by atoms with van der Waals surface area (Å²) >= 11 is 5.83. The van der Waals surface area contributed by atoms with Gasteiger partial charge in [0.1, 0.15) is 10.7 Å². The highest BCUT2D eigenvalue weighted by atomic mass is 35.5. The van der Waals surface area contributed by atoms with Crippen molar-refractivity contribution in [2.24, 2.45) is 0 Å². The third kappa shape index (κ3) is 3.78. The maximum Gasteiger partial charge on any atom is 0.270 e. The third-order valence-corrected chi connectivity index (χ3v) is 5.28. The Morgan fingerprint density at radius 3 is 2.48 bits per heavy atom. The van der Waals surface area contributed by atoms with Gasteiger partial charge in [-0.05, 0) is 18.9 Å². The molecule has 0 spiro atoms. The van der Waals surface area contributed by atoms with Crippen molar-refractivity contribution in [1.82, 2.24) is 4.72 Å². The molecule has 2 rings (SSSR count). The molecule has 1 aliphatic carbocycles. The molecule has 0 unspecified atom stereocenters. The van der Waals surface area contributed by atoms with E-state index in [1.54, 1.807) is 0 Å². The van der Waals surface area contributed by atoms with Gasteiger partial charge in [0.25, 0.3) is 5.69 Å². The van der Waals surface area contributed by atoms with Crippen molar-refractivity contribution >= 4 is 33.1 Å². The molecule has 1 aliphatic rings. The maximum atomic E-state index is 12.3. The number of hydrogen-bond donors (Lipinski definition) is 1. The summed E-state index contributed by atoms with van der Waals surface area (Å²) in [5.41, 5.74) is -0.349. The number of non-ortho nitro benzene ring substituents is 1. The highest BCUT2D eigenvalue weighted by Crippen LogP contribution is 2.27. The first-order valence-electron chi connectivity index (χ1n) is 6.27. The van der Waals surface area contributed by atoms with Crippen LogP contribution in [0.15, 0.2) is 23.1 Å². The number of nitrogens with zero attached hydrogens (tertiary/aromatic N) is 1. The second-order valence-corrected chi connectivity index (χ2v) is 6.90. The number of nitrogens with one attached hydrogen (secondary N) is 1. The van der Waals surface area contributed by atoms with E-state index in [0.29, 0.717) is 25.7 Å². The van der Waals surface area contributed by atoms with E-state index in [4.69, 9.17) is 11.6 Å². The molecule has 0 amide bonds. The molecule has 0 atom stereocenters. The normalized spacial score (nSPS) is 16.9. The van der Waals surface area contributed by atoms with Crippen LogP contribution in [0.5, 0.6) is 0 Å². The van der Waals surface area contributed by atoms with Crippen LogP contribution in [0, 0.1) is 10.1 Å². The van der Waals surface area contributed by atoms with E-state index in [1.165, 1.54) is 6.07 Å². The molecule has 1 aromatic carbocycles. The molecule has 7 nitrogen and oxygen atoms in total. The van der Waals surface area contributed by atoms with Crippen LogP contribution < -0.4 is 4.72 Å². The Morgan fingerprint density at radius 1 is 1.29 bits per heavy atom. The van der Waals surface area contributed by atoms with Crippen molar-refractivity contribution in [3.63, 3.8) is 0 Å². The monoisotopic (exact) mass is 332 g/mol. The van der Waals surface area contributed by atoms with E-state index < -0.39 is 14.9 Å². The molecule has 1 saturated carbocycles. The molecule has 9 heteroatoms. The number of halogens is 1. The first-order chi connectivity index (χ1) is 9.79. The van der Waals surface area contributed by atoms with Crippen LogP contribution in [0.3, 0.4) is 0 Å². The molecular weight excluding hydrogens is 320 g/mol. The summed E-state index contributed by atoms with van der Waals surface area (Å²) in [6.07, 6.45) is 1.50. The molecule has 0 aliphatic heterocycles. The molecule has 0 saturated heterocycles.